The molecule has 1 unspecified atom stereocenters. The van der Waals surface area contributed by atoms with Gasteiger partial charge in [0.15, 0.2) is 5.60 Å². The second-order valence-electron chi connectivity index (χ2n) is 9.94. The number of fused-ring (bicyclic) bond motifs is 7. The average molecular weight is 453 g/mol. The number of piperidine rings is 3. The molecule has 5 atom stereocenters. The van der Waals surface area contributed by atoms with Crippen molar-refractivity contribution in [2.45, 2.75) is 37.8 Å². The number of hydrogen-bond acceptors (Lipinski definition) is 6. The van der Waals surface area contributed by atoms with Crippen molar-refractivity contribution in [3.05, 3.63) is 66.0 Å². The minimum absolute atomic E-state index is 0.184. The number of benzene rings is 2. The highest BCUT2D eigenvalue weighted by molar-refractivity contribution is 5.93. The van der Waals surface area contributed by atoms with Crippen molar-refractivity contribution < 1.29 is 9.47 Å². The molecule has 0 amide bonds. The van der Waals surface area contributed by atoms with E-state index >= 15 is 0 Å². The van der Waals surface area contributed by atoms with E-state index in [1.165, 1.54) is 12.8 Å². The van der Waals surface area contributed by atoms with Gasteiger partial charge in [-0.2, -0.15) is 0 Å². The Morgan fingerprint density at radius 2 is 1.97 bits per heavy atom. The average Bonchev–Trinajstić information content (AvgIpc) is 2.92. The molecule has 2 aromatic carbocycles. The smallest absolute Gasteiger partial charge is 0.242 e. The maximum atomic E-state index is 7.04. The van der Waals surface area contributed by atoms with Crippen LogP contribution in [-0.4, -0.2) is 46.3 Å². The molecule has 9 rings (SSSR count). The lowest BCUT2D eigenvalue weighted by Gasteiger charge is -2.56. The van der Waals surface area contributed by atoms with Gasteiger partial charge in [-0.1, -0.05) is 31.5 Å². The number of nitrogens with zero attached hydrogens (tertiary/aromatic N) is 4. The Kier molecular flexibility index (Phi) is 4.37. The first kappa shape index (κ1) is 20.2. The van der Waals surface area contributed by atoms with Gasteiger partial charge >= 0.3 is 0 Å². The van der Waals surface area contributed by atoms with Crippen molar-refractivity contribution >= 4 is 21.7 Å². The van der Waals surface area contributed by atoms with Gasteiger partial charge in [0.25, 0.3) is 0 Å². The van der Waals surface area contributed by atoms with Crippen LogP contribution >= 0.6 is 0 Å². The molecule has 7 heterocycles. The molecule has 0 saturated carbocycles. The number of ether oxygens (including phenoxy) is 2. The van der Waals surface area contributed by atoms with Crippen molar-refractivity contribution in [3.63, 3.8) is 0 Å². The minimum Gasteiger partial charge on any atom is -0.497 e. The molecule has 5 aliphatic rings. The maximum Gasteiger partial charge on any atom is 0.242 e. The number of methoxy groups -OCH3 is 1. The first-order chi connectivity index (χ1) is 16.7. The molecule has 3 fully saturated rings. The number of rotatable bonds is 4. The van der Waals surface area contributed by atoms with Crippen molar-refractivity contribution in [1.29, 1.82) is 0 Å². The third-order valence-electron chi connectivity index (χ3n) is 8.49. The van der Waals surface area contributed by atoms with Crippen LogP contribution in [0.1, 0.15) is 37.4 Å². The first-order valence-corrected chi connectivity index (χ1v) is 12.3. The van der Waals surface area contributed by atoms with Crippen LogP contribution in [0, 0.1) is 11.8 Å². The Hall–Kier alpha value is -3.25. The molecule has 4 bridgehead atoms. The Balaban J connectivity index is 1.52. The van der Waals surface area contributed by atoms with Gasteiger partial charge in [0.2, 0.25) is 5.88 Å². The zero-order valence-corrected chi connectivity index (χ0v) is 19.6. The molecule has 4 aromatic rings. The largest absolute Gasteiger partial charge is 0.497 e. The number of hydrogen-bond donors (Lipinski definition) is 0. The molecule has 5 aliphatic heterocycles. The Morgan fingerprint density at radius 1 is 1.09 bits per heavy atom. The summed E-state index contributed by atoms with van der Waals surface area (Å²) in [6.07, 6.45) is 5.49. The summed E-state index contributed by atoms with van der Waals surface area (Å²) in [7, 11) is 1.71. The van der Waals surface area contributed by atoms with Crippen LogP contribution in [0.15, 0.2) is 54.7 Å². The molecule has 2 aromatic heterocycles. The van der Waals surface area contributed by atoms with Crippen LogP contribution in [-0.2, 0) is 5.60 Å². The molecule has 0 aliphatic carbocycles. The van der Waals surface area contributed by atoms with Crippen LogP contribution in [0.25, 0.3) is 21.7 Å². The highest BCUT2D eigenvalue weighted by atomic mass is 16.5. The van der Waals surface area contributed by atoms with Gasteiger partial charge in [-0.05, 0) is 61.6 Å². The molecule has 0 spiro atoms. The zero-order valence-electron chi connectivity index (χ0n) is 19.6. The van der Waals surface area contributed by atoms with Gasteiger partial charge in [-0.25, -0.2) is 0 Å². The van der Waals surface area contributed by atoms with Gasteiger partial charge < -0.3 is 9.47 Å². The molecule has 0 N–H and O–H groups in total. The van der Waals surface area contributed by atoms with Gasteiger partial charge in [0, 0.05) is 34.5 Å². The van der Waals surface area contributed by atoms with Crippen LogP contribution in [0.4, 0.5) is 0 Å². The van der Waals surface area contributed by atoms with Gasteiger partial charge in [-0.3, -0.25) is 9.88 Å². The Morgan fingerprint density at radius 3 is 2.76 bits per heavy atom. The molecule has 6 heteroatoms. The second kappa shape index (κ2) is 7.37. The number of aromatic nitrogens is 3. The SMILES string of the molecule is CC[C@H]1CN2CC[C@H]1C[C@@H]2[C@]1(c2ccnc3ccc(OC)cc23)Oc2nnc1c1ccccc21. The molecular formula is C28H28N4O2. The van der Waals surface area contributed by atoms with Crippen LogP contribution < -0.4 is 9.47 Å². The molecular weight excluding hydrogens is 424 g/mol. The summed E-state index contributed by atoms with van der Waals surface area (Å²) < 4.78 is 12.6. The monoisotopic (exact) mass is 452 g/mol. The van der Waals surface area contributed by atoms with Crippen LogP contribution in [0.5, 0.6) is 11.6 Å². The fraction of sp³-hybridized carbons (Fsp3) is 0.393. The third-order valence-corrected chi connectivity index (χ3v) is 8.49. The van der Waals surface area contributed by atoms with E-state index in [4.69, 9.17) is 14.6 Å². The topological polar surface area (TPSA) is 60.4 Å². The Labute approximate surface area is 198 Å². The molecule has 3 saturated heterocycles. The van der Waals surface area contributed by atoms with E-state index in [1.54, 1.807) is 7.11 Å². The summed E-state index contributed by atoms with van der Waals surface area (Å²) in [5.74, 6) is 2.90. The highest BCUT2D eigenvalue weighted by Gasteiger charge is 2.57. The van der Waals surface area contributed by atoms with Crippen molar-refractivity contribution in [2.24, 2.45) is 11.8 Å². The van der Waals surface area contributed by atoms with E-state index in [0.717, 1.165) is 64.1 Å². The van der Waals surface area contributed by atoms with Crippen LogP contribution in [0.2, 0.25) is 0 Å². The van der Waals surface area contributed by atoms with Crippen molar-refractivity contribution in [2.75, 3.05) is 20.2 Å². The van der Waals surface area contributed by atoms with Crippen LogP contribution in [0.3, 0.4) is 0 Å². The first-order valence-electron chi connectivity index (χ1n) is 12.3. The summed E-state index contributed by atoms with van der Waals surface area (Å²) >= 11 is 0. The van der Waals surface area contributed by atoms with Gasteiger partial charge in [0.1, 0.15) is 11.4 Å². The predicted octanol–water partition coefficient (Wildman–Crippen LogP) is 4.94. The van der Waals surface area contributed by atoms with E-state index in [1.807, 2.05) is 24.4 Å². The standard InChI is InChI=1S/C28H28N4O2/c1-3-17-16-32-13-11-18(17)14-25(32)28(23-10-12-29-24-9-8-19(33-2)15-22(23)24)26-20-6-4-5-7-21(20)27(34-28)31-30-26/h4-10,12,15,17-18,25H,3,11,13-14,16H2,1-2H3/t17-,18-,25+,28-/m0/s1. The fourth-order valence-electron chi connectivity index (χ4n) is 6.82. The second-order valence-corrected chi connectivity index (χ2v) is 9.94. The highest BCUT2D eigenvalue weighted by Crippen LogP contribution is 2.53. The lowest BCUT2D eigenvalue weighted by Crippen LogP contribution is -2.64. The molecule has 0 radical (unpaired) electrons. The molecule has 34 heavy (non-hydrogen) atoms. The lowest BCUT2D eigenvalue weighted by molar-refractivity contribution is -0.0895. The normalized spacial score (nSPS) is 29.5. The summed E-state index contributed by atoms with van der Waals surface area (Å²) in [6.45, 7) is 4.55. The Bertz CT molecular complexity index is 1420. The van der Waals surface area contributed by atoms with Crippen molar-refractivity contribution in [1.82, 2.24) is 20.1 Å². The molecule has 6 nitrogen and oxygen atoms in total. The predicted molar refractivity (Wildman–Crippen MR) is 131 cm³/mol. The third kappa shape index (κ3) is 2.63. The fourth-order valence-corrected chi connectivity index (χ4v) is 6.82. The van der Waals surface area contributed by atoms with E-state index < -0.39 is 5.60 Å². The van der Waals surface area contributed by atoms with E-state index in [2.05, 4.69) is 52.2 Å². The van der Waals surface area contributed by atoms with E-state index in [0.29, 0.717) is 11.8 Å². The minimum atomic E-state index is -0.740. The summed E-state index contributed by atoms with van der Waals surface area (Å²) in [4.78, 5) is 7.33. The zero-order chi connectivity index (χ0) is 22.9. The summed E-state index contributed by atoms with van der Waals surface area (Å²) in [5, 5.41) is 12.5. The quantitative estimate of drug-likeness (QED) is 0.437. The number of pyridine rings is 1. The van der Waals surface area contributed by atoms with E-state index in [-0.39, 0.29) is 6.04 Å². The van der Waals surface area contributed by atoms with E-state index in [9.17, 15) is 0 Å². The van der Waals surface area contributed by atoms with Gasteiger partial charge in [-0.15, -0.1) is 10.2 Å². The maximum absolute atomic E-state index is 7.04. The molecule has 172 valence electrons. The summed E-state index contributed by atoms with van der Waals surface area (Å²) in [5.41, 5.74) is 2.21. The van der Waals surface area contributed by atoms with Gasteiger partial charge in [0.05, 0.1) is 18.7 Å². The van der Waals surface area contributed by atoms with Crippen molar-refractivity contribution in [3.8, 4) is 11.6 Å². The lowest BCUT2D eigenvalue weighted by atomic mass is 9.67. The summed E-state index contributed by atoms with van der Waals surface area (Å²) in [6, 6.07) is 16.8.